The molecule has 0 heterocycles. The highest BCUT2D eigenvalue weighted by atomic mass is 35.5. The molecule has 1 aromatic carbocycles. The Labute approximate surface area is 112 Å². The maximum absolute atomic E-state index is 7.73. The number of allylic oxidation sites excluding steroid dienone is 2. The van der Waals surface area contributed by atoms with Gasteiger partial charge in [0.15, 0.2) is 0 Å². The molecule has 1 saturated carbocycles. The molecular formula is C15H14ClN2. The molecule has 3 heteroatoms. The zero-order chi connectivity index (χ0) is 12.9. The Morgan fingerprint density at radius 2 is 2.28 bits per heavy atom. The van der Waals surface area contributed by atoms with E-state index >= 15 is 0 Å². The number of benzene rings is 1. The molecule has 0 saturated heterocycles. The summed E-state index contributed by atoms with van der Waals surface area (Å²) in [5.41, 5.74) is 8.87. The molecule has 0 spiro atoms. The van der Waals surface area contributed by atoms with Gasteiger partial charge in [0.2, 0.25) is 0 Å². The van der Waals surface area contributed by atoms with Crippen LogP contribution in [-0.4, -0.2) is 5.84 Å². The molecule has 1 radical (unpaired) electrons. The van der Waals surface area contributed by atoms with E-state index in [0.29, 0.717) is 0 Å². The third-order valence-electron chi connectivity index (χ3n) is 3.79. The van der Waals surface area contributed by atoms with Gasteiger partial charge in [0.05, 0.1) is 5.41 Å². The highest BCUT2D eigenvalue weighted by Gasteiger charge is 2.53. The second kappa shape index (κ2) is 3.72. The highest BCUT2D eigenvalue weighted by molar-refractivity contribution is 6.30. The van der Waals surface area contributed by atoms with E-state index in [-0.39, 0.29) is 17.2 Å². The third kappa shape index (κ3) is 1.52. The van der Waals surface area contributed by atoms with Crippen molar-refractivity contribution < 1.29 is 0 Å². The molecule has 0 amide bonds. The van der Waals surface area contributed by atoms with Crippen LogP contribution in [0.4, 0.5) is 0 Å². The van der Waals surface area contributed by atoms with Gasteiger partial charge in [-0.15, -0.1) is 0 Å². The molecule has 2 nitrogen and oxygen atoms in total. The van der Waals surface area contributed by atoms with Crippen LogP contribution in [0.2, 0.25) is 5.02 Å². The van der Waals surface area contributed by atoms with Crippen molar-refractivity contribution in [2.24, 2.45) is 17.1 Å². The lowest BCUT2D eigenvalue weighted by atomic mass is 9.85. The molecule has 3 rings (SSSR count). The van der Waals surface area contributed by atoms with E-state index in [4.69, 9.17) is 22.7 Å². The van der Waals surface area contributed by atoms with Crippen molar-refractivity contribution >= 4 is 23.0 Å². The fourth-order valence-corrected chi connectivity index (χ4v) is 2.91. The maximum Gasteiger partial charge on any atom is 0.105 e. The summed E-state index contributed by atoms with van der Waals surface area (Å²) < 4.78 is 0. The van der Waals surface area contributed by atoms with Crippen molar-refractivity contribution in [1.29, 1.82) is 5.41 Å². The van der Waals surface area contributed by atoms with Crippen molar-refractivity contribution in [2.75, 3.05) is 0 Å². The molecule has 0 aromatic heterocycles. The maximum atomic E-state index is 7.73. The van der Waals surface area contributed by atoms with Gasteiger partial charge in [-0.3, -0.25) is 5.41 Å². The van der Waals surface area contributed by atoms with E-state index in [9.17, 15) is 0 Å². The third-order valence-corrected chi connectivity index (χ3v) is 4.03. The van der Waals surface area contributed by atoms with E-state index in [1.165, 1.54) is 11.1 Å². The second-order valence-corrected chi connectivity index (χ2v) is 5.37. The Kier molecular flexibility index (Phi) is 2.39. The molecule has 0 bridgehead atoms. The van der Waals surface area contributed by atoms with Crippen LogP contribution in [0.15, 0.2) is 42.0 Å². The van der Waals surface area contributed by atoms with E-state index in [0.717, 1.165) is 17.0 Å². The Morgan fingerprint density at radius 3 is 2.94 bits per heavy atom. The SMILES string of the molecule is [CH2]C1C=CC2(C(=N)N)CC2=C1c1cccc(Cl)c1. The van der Waals surface area contributed by atoms with Crippen molar-refractivity contribution in [3.63, 3.8) is 0 Å². The molecule has 3 N–H and O–H groups in total. The van der Waals surface area contributed by atoms with Gasteiger partial charge in [0, 0.05) is 10.9 Å². The molecule has 1 fully saturated rings. The number of nitrogens with one attached hydrogen (secondary N) is 1. The van der Waals surface area contributed by atoms with Crippen molar-refractivity contribution in [3.05, 3.63) is 59.5 Å². The number of fused-ring (bicyclic) bond motifs is 1. The largest absolute Gasteiger partial charge is 0.387 e. The number of hydrogen-bond donors (Lipinski definition) is 2. The van der Waals surface area contributed by atoms with Crippen LogP contribution >= 0.6 is 11.6 Å². The zero-order valence-electron chi connectivity index (χ0n) is 9.91. The van der Waals surface area contributed by atoms with Gasteiger partial charge in [0.1, 0.15) is 5.84 Å². The molecule has 2 aliphatic rings. The van der Waals surface area contributed by atoms with Gasteiger partial charge in [-0.1, -0.05) is 35.9 Å². The first-order valence-corrected chi connectivity index (χ1v) is 6.29. The molecule has 2 atom stereocenters. The molecule has 2 unspecified atom stereocenters. The summed E-state index contributed by atoms with van der Waals surface area (Å²) in [6.07, 6.45) is 4.90. The summed E-state index contributed by atoms with van der Waals surface area (Å²) in [5, 5.41) is 8.45. The van der Waals surface area contributed by atoms with E-state index in [2.05, 4.69) is 6.92 Å². The average molecular weight is 258 g/mol. The lowest BCUT2D eigenvalue weighted by Crippen LogP contribution is -2.24. The van der Waals surface area contributed by atoms with Crippen LogP contribution in [-0.2, 0) is 0 Å². The van der Waals surface area contributed by atoms with Gasteiger partial charge in [-0.2, -0.15) is 0 Å². The van der Waals surface area contributed by atoms with Gasteiger partial charge >= 0.3 is 0 Å². The Hall–Kier alpha value is -1.54. The van der Waals surface area contributed by atoms with Crippen LogP contribution in [0.25, 0.3) is 5.57 Å². The minimum Gasteiger partial charge on any atom is -0.387 e. The van der Waals surface area contributed by atoms with Gasteiger partial charge < -0.3 is 5.73 Å². The minimum atomic E-state index is -0.328. The van der Waals surface area contributed by atoms with Gasteiger partial charge in [-0.05, 0) is 42.2 Å². The standard InChI is InChI=1S/C15H14ClN2/c1-9-5-6-15(14(17)18)8-12(15)13(9)10-3-2-4-11(16)7-10/h2-7,9H,1,8H2,(H3,17,18). The molecule has 18 heavy (non-hydrogen) atoms. The predicted octanol–water partition coefficient (Wildman–Crippen LogP) is 3.44. The van der Waals surface area contributed by atoms with Crippen LogP contribution in [0.1, 0.15) is 12.0 Å². The van der Waals surface area contributed by atoms with Gasteiger partial charge in [0.25, 0.3) is 0 Å². The molecule has 91 valence electrons. The zero-order valence-corrected chi connectivity index (χ0v) is 10.7. The van der Waals surface area contributed by atoms with E-state index < -0.39 is 0 Å². The fourth-order valence-electron chi connectivity index (χ4n) is 2.72. The number of amidine groups is 1. The van der Waals surface area contributed by atoms with Crippen molar-refractivity contribution in [2.45, 2.75) is 6.42 Å². The lowest BCUT2D eigenvalue weighted by molar-refractivity contribution is 0.891. The normalized spacial score (nSPS) is 29.1. The summed E-state index contributed by atoms with van der Waals surface area (Å²) in [6.45, 7) is 4.15. The lowest BCUT2D eigenvalue weighted by Gasteiger charge is -2.20. The first-order valence-electron chi connectivity index (χ1n) is 5.91. The minimum absolute atomic E-state index is 0.105. The van der Waals surface area contributed by atoms with Crippen LogP contribution in [0.5, 0.6) is 0 Å². The number of rotatable bonds is 2. The number of halogens is 1. The summed E-state index contributed by atoms with van der Waals surface area (Å²) in [5.74, 6) is 0.327. The van der Waals surface area contributed by atoms with Crippen molar-refractivity contribution in [1.82, 2.24) is 0 Å². The van der Waals surface area contributed by atoms with Crippen LogP contribution < -0.4 is 5.73 Å². The quantitative estimate of drug-likeness (QED) is 0.476. The Balaban J connectivity index is 2.12. The summed E-state index contributed by atoms with van der Waals surface area (Å²) in [7, 11) is 0. The fraction of sp³-hybridized carbons (Fsp3) is 0.200. The first-order chi connectivity index (χ1) is 8.54. The van der Waals surface area contributed by atoms with E-state index in [1.54, 1.807) is 0 Å². The summed E-state index contributed by atoms with van der Waals surface area (Å²) in [4.78, 5) is 0. The number of nitrogens with two attached hydrogens (primary N) is 1. The molecule has 0 aliphatic heterocycles. The summed E-state index contributed by atoms with van der Waals surface area (Å²) >= 11 is 6.04. The molecule has 2 aliphatic carbocycles. The van der Waals surface area contributed by atoms with Crippen LogP contribution in [0, 0.1) is 23.7 Å². The number of hydrogen-bond acceptors (Lipinski definition) is 1. The van der Waals surface area contributed by atoms with Gasteiger partial charge in [-0.25, -0.2) is 0 Å². The Bertz CT molecular complexity index is 600. The van der Waals surface area contributed by atoms with E-state index in [1.807, 2.05) is 36.4 Å². The average Bonchev–Trinajstić information content (AvgIpc) is 3.04. The van der Waals surface area contributed by atoms with Crippen LogP contribution in [0.3, 0.4) is 0 Å². The monoisotopic (exact) mass is 257 g/mol. The molecule has 1 aromatic rings. The second-order valence-electron chi connectivity index (χ2n) is 4.93. The summed E-state index contributed by atoms with van der Waals surface area (Å²) in [6, 6.07) is 7.78. The smallest absolute Gasteiger partial charge is 0.105 e. The Morgan fingerprint density at radius 1 is 1.50 bits per heavy atom. The predicted molar refractivity (Wildman–Crippen MR) is 75.3 cm³/mol. The molecular weight excluding hydrogens is 244 g/mol. The highest BCUT2D eigenvalue weighted by Crippen LogP contribution is 2.60. The van der Waals surface area contributed by atoms with Crippen molar-refractivity contribution in [3.8, 4) is 0 Å². The first kappa shape index (κ1) is 11.5. The topological polar surface area (TPSA) is 49.9 Å².